The predicted octanol–water partition coefficient (Wildman–Crippen LogP) is 3.63. The van der Waals surface area contributed by atoms with Crippen LogP contribution in [-0.2, 0) is 6.54 Å². The van der Waals surface area contributed by atoms with Crippen molar-refractivity contribution in [2.45, 2.75) is 33.2 Å². The maximum Gasteiger partial charge on any atom is 0.277 e. The number of fused-ring (bicyclic) bond motifs is 1. The standard InChI is InChI=1S/C17H19FN4OS/c1-10(2)16-19-12(9-24-16)8-21(4)17(23)14-15(18)22-6-5-11(3)7-13(22)20-14/h5-7,9-10H,8H2,1-4H3. The second-order valence-electron chi connectivity index (χ2n) is 6.18. The highest BCUT2D eigenvalue weighted by molar-refractivity contribution is 7.09. The van der Waals surface area contributed by atoms with Crippen LogP contribution in [-0.4, -0.2) is 32.2 Å². The lowest BCUT2D eigenvalue weighted by atomic mass is 10.2. The fourth-order valence-corrected chi connectivity index (χ4v) is 3.23. The summed E-state index contributed by atoms with van der Waals surface area (Å²) in [5.41, 5.74) is 2.03. The highest BCUT2D eigenvalue weighted by Gasteiger charge is 2.23. The van der Waals surface area contributed by atoms with Crippen LogP contribution >= 0.6 is 11.3 Å². The van der Waals surface area contributed by atoms with Crippen molar-refractivity contribution < 1.29 is 9.18 Å². The van der Waals surface area contributed by atoms with Crippen LogP contribution in [0.15, 0.2) is 23.7 Å². The number of carbonyl (C=O) groups is 1. The summed E-state index contributed by atoms with van der Waals surface area (Å²) in [5, 5.41) is 2.96. The minimum absolute atomic E-state index is 0.164. The van der Waals surface area contributed by atoms with Crippen molar-refractivity contribution in [2.24, 2.45) is 0 Å². The molecule has 0 aromatic carbocycles. The van der Waals surface area contributed by atoms with E-state index in [2.05, 4.69) is 23.8 Å². The van der Waals surface area contributed by atoms with Crippen LogP contribution in [0.1, 0.15) is 46.5 Å². The Kier molecular flexibility index (Phi) is 4.36. The Balaban J connectivity index is 1.83. The van der Waals surface area contributed by atoms with E-state index >= 15 is 0 Å². The molecule has 126 valence electrons. The number of pyridine rings is 1. The first kappa shape index (κ1) is 16.6. The molecule has 0 aliphatic rings. The van der Waals surface area contributed by atoms with E-state index in [0.29, 0.717) is 18.1 Å². The third-order valence-electron chi connectivity index (χ3n) is 3.74. The summed E-state index contributed by atoms with van der Waals surface area (Å²) in [6, 6.07) is 3.52. The smallest absolute Gasteiger partial charge is 0.277 e. The molecule has 7 heteroatoms. The predicted molar refractivity (Wildman–Crippen MR) is 91.9 cm³/mol. The molecular weight excluding hydrogens is 327 g/mol. The summed E-state index contributed by atoms with van der Waals surface area (Å²) < 4.78 is 15.7. The van der Waals surface area contributed by atoms with Gasteiger partial charge in [0.1, 0.15) is 5.65 Å². The number of carbonyl (C=O) groups excluding carboxylic acids is 1. The molecule has 5 nitrogen and oxygen atoms in total. The van der Waals surface area contributed by atoms with Crippen molar-refractivity contribution in [3.8, 4) is 0 Å². The number of halogens is 1. The Morgan fingerprint density at radius 3 is 2.83 bits per heavy atom. The van der Waals surface area contributed by atoms with Gasteiger partial charge in [0.05, 0.1) is 17.2 Å². The fraction of sp³-hybridized carbons (Fsp3) is 0.353. The van der Waals surface area contributed by atoms with Gasteiger partial charge in [0.25, 0.3) is 5.91 Å². The first-order valence-corrected chi connectivity index (χ1v) is 8.58. The average molecular weight is 346 g/mol. The lowest BCUT2D eigenvalue weighted by molar-refractivity contribution is 0.0773. The normalized spacial score (nSPS) is 11.4. The van der Waals surface area contributed by atoms with Crippen LogP contribution in [0.3, 0.4) is 0 Å². The molecule has 0 saturated carbocycles. The molecule has 0 unspecified atom stereocenters. The number of aryl methyl sites for hydroxylation is 1. The zero-order valence-corrected chi connectivity index (χ0v) is 14.9. The SMILES string of the molecule is Cc1ccn2c(F)c(C(=O)N(C)Cc3csc(C(C)C)n3)nc2c1. The van der Waals surface area contributed by atoms with Gasteiger partial charge in [-0.25, -0.2) is 9.97 Å². The molecule has 0 N–H and O–H groups in total. The molecule has 0 fully saturated rings. The Morgan fingerprint density at radius 1 is 1.42 bits per heavy atom. The highest BCUT2D eigenvalue weighted by atomic mass is 32.1. The Bertz CT molecular complexity index is 899. The summed E-state index contributed by atoms with van der Waals surface area (Å²) in [6.07, 6.45) is 1.58. The maximum absolute atomic E-state index is 14.5. The first-order valence-electron chi connectivity index (χ1n) is 7.70. The fourth-order valence-electron chi connectivity index (χ4n) is 2.41. The first-order chi connectivity index (χ1) is 11.4. The zero-order chi connectivity index (χ0) is 17.4. The van der Waals surface area contributed by atoms with E-state index in [1.54, 1.807) is 36.7 Å². The molecular formula is C17H19FN4OS. The van der Waals surface area contributed by atoms with Gasteiger partial charge in [-0.05, 0) is 24.6 Å². The van der Waals surface area contributed by atoms with E-state index in [0.717, 1.165) is 16.3 Å². The molecule has 3 aromatic rings. The summed E-state index contributed by atoms with van der Waals surface area (Å²) in [4.78, 5) is 22.6. The zero-order valence-electron chi connectivity index (χ0n) is 14.1. The molecule has 3 heterocycles. The largest absolute Gasteiger partial charge is 0.334 e. The maximum atomic E-state index is 14.5. The van der Waals surface area contributed by atoms with Crippen LogP contribution in [0.4, 0.5) is 4.39 Å². The summed E-state index contributed by atoms with van der Waals surface area (Å²) in [6.45, 7) is 6.38. The van der Waals surface area contributed by atoms with E-state index in [1.165, 1.54) is 9.30 Å². The second-order valence-corrected chi connectivity index (χ2v) is 7.07. The molecule has 0 aliphatic heterocycles. The van der Waals surface area contributed by atoms with E-state index < -0.39 is 11.9 Å². The van der Waals surface area contributed by atoms with Crippen LogP contribution in [0.2, 0.25) is 0 Å². The molecule has 3 aromatic heterocycles. The molecule has 0 aliphatic carbocycles. The summed E-state index contributed by atoms with van der Waals surface area (Å²) >= 11 is 1.57. The monoisotopic (exact) mass is 346 g/mol. The van der Waals surface area contributed by atoms with Gasteiger partial charge in [0.2, 0.25) is 5.95 Å². The number of hydrogen-bond donors (Lipinski definition) is 0. The van der Waals surface area contributed by atoms with Gasteiger partial charge in [-0.2, -0.15) is 4.39 Å². The highest BCUT2D eigenvalue weighted by Crippen LogP contribution is 2.20. The number of imidazole rings is 1. The number of thiazole rings is 1. The molecule has 1 amide bonds. The molecule has 3 rings (SSSR count). The van der Waals surface area contributed by atoms with E-state index in [9.17, 15) is 9.18 Å². The number of hydrogen-bond acceptors (Lipinski definition) is 4. The third kappa shape index (κ3) is 3.03. The summed E-state index contributed by atoms with van der Waals surface area (Å²) in [7, 11) is 1.63. The Hall–Kier alpha value is -2.28. The van der Waals surface area contributed by atoms with Crippen molar-refractivity contribution in [1.82, 2.24) is 19.3 Å². The van der Waals surface area contributed by atoms with Crippen molar-refractivity contribution in [3.63, 3.8) is 0 Å². The lowest BCUT2D eigenvalue weighted by Gasteiger charge is -2.14. The third-order valence-corrected chi connectivity index (χ3v) is 4.93. The second kappa shape index (κ2) is 6.32. The molecule has 0 saturated heterocycles. The van der Waals surface area contributed by atoms with Crippen LogP contribution in [0.5, 0.6) is 0 Å². The van der Waals surface area contributed by atoms with Gasteiger partial charge in [-0.3, -0.25) is 9.20 Å². The van der Waals surface area contributed by atoms with E-state index in [4.69, 9.17) is 0 Å². The quantitative estimate of drug-likeness (QED) is 0.725. The molecule has 0 bridgehead atoms. The molecule has 24 heavy (non-hydrogen) atoms. The Labute approximate surface area is 143 Å². The van der Waals surface area contributed by atoms with Crippen molar-refractivity contribution in [3.05, 3.63) is 51.6 Å². The minimum Gasteiger partial charge on any atom is -0.334 e. The molecule has 0 radical (unpaired) electrons. The molecule has 0 atom stereocenters. The van der Waals surface area contributed by atoms with Crippen molar-refractivity contribution in [1.29, 1.82) is 0 Å². The molecule has 0 spiro atoms. The van der Waals surface area contributed by atoms with Gasteiger partial charge in [0.15, 0.2) is 5.69 Å². The lowest BCUT2D eigenvalue weighted by Crippen LogP contribution is -2.27. The number of aromatic nitrogens is 3. The number of amides is 1. The van der Waals surface area contributed by atoms with Gasteiger partial charge in [-0.1, -0.05) is 13.8 Å². The van der Waals surface area contributed by atoms with Crippen molar-refractivity contribution >= 4 is 22.9 Å². The number of nitrogens with zero attached hydrogens (tertiary/aromatic N) is 4. The Morgan fingerprint density at radius 2 is 2.17 bits per heavy atom. The average Bonchev–Trinajstić information content (AvgIpc) is 3.11. The topological polar surface area (TPSA) is 50.5 Å². The van der Waals surface area contributed by atoms with Crippen LogP contribution in [0, 0.1) is 12.9 Å². The van der Waals surface area contributed by atoms with E-state index in [1.807, 2.05) is 12.3 Å². The van der Waals surface area contributed by atoms with Gasteiger partial charge >= 0.3 is 0 Å². The van der Waals surface area contributed by atoms with Gasteiger partial charge < -0.3 is 4.90 Å². The van der Waals surface area contributed by atoms with Crippen molar-refractivity contribution in [2.75, 3.05) is 7.05 Å². The van der Waals surface area contributed by atoms with Gasteiger partial charge in [-0.15, -0.1) is 11.3 Å². The summed E-state index contributed by atoms with van der Waals surface area (Å²) in [5.74, 6) is -0.736. The van der Waals surface area contributed by atoms with E-state index in [-0.39, 0.29) is 5.69 Å². The van der Waals surface area contributed by atoms with Crippen LogP contribution < -0.4 is 0 Å². The number of rotatable bonds is 4. The van der Waals surface area contributed by atoms with Crippen LogP contribution in [0.25, 0.3) is 5.65 Å². The minimum atomic E-state index is -0.636. The van der Waals surface area contributed by atoms with Gasteiger partial charge in [0, 0.05) is 24.5 Å².